The van der Waals surface area contributed by atoms with E-state index in [0.29, 0.717) is 57.8 Å². The molecule has 3 saturated carbocycles. The zero-order valence-corrected chi connectivity index (χ0v) is 35.9. The number of fused-ring (bicyclic) bond motifs is 3. The van der Waals surface area contributed by atoms with E-state index in [2.05, 4.69) is 59.9 Å². The lowest BCUT2D eigenvalue weighted by molar-refractivity contribution is -0.263. The molecule has 12 atom stereocenters. The van der Waals surface area contributed by atoms with Crippen molar-refractivity contribution in [2.75, 3.05) is 19.8 Å². The number of ether oxygens (including phenoxy) is 4. The standard InChI is InChI=1S/C44H70N2O10/c1-25(2)26(3)40(8)19-20-42(10)29-15-16-33-41(9)23-53-24-44(33,30(29)17-18-43(42,11)34(40)36(49)50)22-32(54-27(4)47)35(41)55-37(51)31(45)14-12-13-21-46-38(52)39(6,7)56-28(5)48/h17,25-26,29,31-35H,12-16,18-24,45H2,1-11H3,(H,46,52)(H,49,50)/t26-,29+,31?,32-,33+,34-,35+,40-,41-,42-,43+,44+/m1/s1. The van der Waals surface area contributed by atoms with E-state index in [9.17, 15) is 29.1 Å². The third-order valence-corrected chi connectivity index (χ3v) is 16.1. The number of carboxylic acids is 1. The highest BCUT2D eigenvalue weighted by atomic mass is 16.6. The van der Waals surface area contributed by atoms with Crippen LogP contribution in [0.2, 0.25) is 0 Å². The Morgan fingerprint density at radius 1 is 0.964 bits per heavy atom. The second kappa shape index (κ2) is 15.6. The van der Waals surface area contributed by atoms with E-state index in [1.165, 1.54) is 33.3 Å². The maximum Gasteiger partial charge on any atom is 0.323 e. The number of nitrogens with one attached hydrogen (secondary N) is 1. The average molecular weight is 787 g/mol. The summed E-state index contributed by atoms with van der Waals surface area (Å²) >= 11 is 0. The summed E-state index contributed by atoms with van der Waals surface area (Å²) in [5.41, 5.74) is 4.23. The van der Waals surface area contributed by atoms with Gasteiger partial charge in [-0.15, -0.1) is 0 Å². The van der Waals surface area contributed by atoms with Crippen LogP contribution in [0.25, 0.3) is 0 Å². The normalized spacial score (nSPS) is 38.7. The smallest absolute Gasteiger partial charge is 0.323 e. The molecule has 0 aromatic carbocycles. The predicted molar refractivity (Wildman–Crippen MR) is 210 cm³/mol. The van der Waals surface area contributed by atoms with Gasteiger partial charge in [-0.25, -0.2) is 0 Å². The van der Waals surface area contributed by atoms with Crippen LogP contribution in [0.15, 0.2) is 11.6 Å². The van der Waals surface area contributed by atoms with Gasteiger partial charge in [-0.3, -0.25) is 24.0 Å². The molecule has 316 valence electrons. The Morgan fingerprint density at radius 3 is 2.25 bits per heavy atom. The molecule has 1 heterocycles. The van der Waals surface area contributed by atoms with E-state index in [4.69, 9.17) is 24.7 Å². The van der Waals surface area contributed by atoms with Gasteiger partial charge >= 0.3 is 23.9 Å². The number of nitrogens with two attached hydrogens (primary N) is 1. The van der Waals surface area contributed by atoms with E-state index < -0.39 is 75.8 Å². The molecule has 4 N–H and O–H groups in total. The van der Waals surface area contributed by atoms with E-state index >= 15 is 0 Å². The first kappa shape index (κ1) is 44.1. The lowest BCUT2D eigenvalue weighted by Crippen LogP contribution is -2.70. The third kappa shape index (κ3) is 7.32. The van der Waals surface area contributed by atoms with Gasteiger partial charge in [0.1, 0.15) is 18.2 Å². The fourth-order valence-electron chi connectivity index (χ4n) is 12.7. The summed E-state index contributed by atoms with van der Waals surface area (Å²) in [6, 6.07) is -0.923. The van der Waals surface area contributed by atoms with Gasteiger partial charge in [-0.1, -0.05) is 60.1 Å². The zero-order valence-electron chi connectivity index (χ0n) is 35.9. The van der Waals surface area contributed by atoms with Crippen LogP contribution in [0.1, 0.15) is 134 Å². The monoisotopic (exact) mass is 787 g/mol. The number of amides is 1. The predicted octanol–water partition coefficient (Wildman–Crippen LogP) is 6.37. The average Bonchev–Trinajstić information content (AvgIpc) is 3.08. The van der Waals surface area contributed by atoms with Gasteiger partial charge in [0, 0.05) is 31.2 Å². The molecule has 1 saturated heterocycles. The number of carbonyl (C=O) groups is 5. The molecule has 4 aliphatic carbocycles. The number of allylic oxidation sites excluding steroid dienone is 1. The molecule has 0 spiro atoms. The van der Waals surface area contributed by atoms with Crippen molar-refractivity contribution in [3.63, 3.8) is 0 Å². The molecule has 1 unspecified atom stereocenters. The highest BCUT2D eigenvalue weighted by molar-refractivity contribution is 5.86. The van der Waals surface area contributed by atoms with Gasteiger partial charge in [0.25, 0.3) is 5.91 Å². The lowest BCUT2D eigenvalue weighted by atomic mass is 9.34. The van der Waals surface area contributed by atoms with Gasteiger partial charge in [0.05, 0.1) is 19.1 Å². The van der Waals surface area contributed by atoms with Crippen LogP contribution < -0.4 is 11.1 Å². The fourth-order valence-corrected chi connectivity index (χ4v) is 12.7. The molecule has 5 aliphatic rings. The molecule has 0 aromatic rings. The Morgan fingerprint density at radius 2 is 1.64 bits per heavy atom. The summed E-state index contributed by atoms with van der Waals surface area (Å²) in [5.74, 6) is -2.33. The Hall–Kier alpha value is -2.99. The van der Waals surface area contributed by atoms with Crippen molar-refractivity contribution in [3.05, 3.63) is 11.6 Å². The first-order valence-corrected chi connectivity index (χ1v) is 21.0. The van der Waals surface area contributed by atoms with Crippen molar-refractivity contribution in [2.24, 2.45) is 62.4 Å². The number of aliphatic carboxylic acids is 1. The molecular formula is C44H70N2O10. The minimum atomic E-state index is -1.29. The maximum atomic E-state index is 13.7. The third-order valence-electron chi connectivity index (χ3n) is 16.1. The fraction of sp³-hybridized carbons (Fsp3) is 0.841. The summed E-state index contributed by atoms with van der Waals surface area (Å²) in [6.45, 7) is 22.3. The van der Waals surface area contributed by atoms with Gasteiger partial charge in [0.15, 0.2) is 5.60 Å². The SMILES string of the molecule is CC(=O)O[C@@H]1C[C@@]23COC[C@](C)([C@@H]2CC[C@H]2C3=CC[C@@]3(C)[C@H](C(=O)O)[C@@](C)([C@H](C)C(C)C)CC[C@]23C)[C@H]1OC(=O)C(N)CCCCNC(=O)C(C)(C)OC(C)=O. The molecule has 1 aliphatic heterocycles. The summed E-state index contributed by atoms with van der Waals surface area (Å²) in [6.07, 6.45) is 6.93. The zero-order chi connectivity index (χ0) is 41.8. The number of unbranched alkanes of at least 4 members (excludes halogenated alkanes) is 1. The van der Waals surface area contributed by atoms with Crippen LogP contribution >= 0.6 is 0 Å². The van der Waals surface area contributed by atoms with Crippen LogP contribution in [0.4, 0.5) is 0 Å². The number of rotatable bonds is 13. The second-order valence-corrected chi connectivity index (χ2v) is 20.0. The van der Waals surface area contributed by atoms with Crippen LogP contribution in [0, 0.1) is 56.7 Å². The second-order valence-electron chi connectivity index (χ2n) is 20.0. The molecule has 1 amide bonds. The van der Waals surface area contributed by atoms with E-state index in [1.807, 2.05) is 0 Å². The molecule has 12 nitrogen and oxygen atoms in total. The Bertz CT molecular complexity index is 1590. The van der Waals surface area contributed by atoms with Crippen molar-refractivity contribution in [2.45, 2.75) is 158 Å². The molecule has 2 bridgehead atoms. The number of carbonyl (C=O) groups excluding carboxylic acids is 4. The quantitative estimate of drug-likeness (QED) is 0.0817. The van der Waals surface area contributed by atoms with Crippen LogP contribution in [0.5, 0.6) is 0 Å². The first-order chi connectivity index (χ1) is 25.9. The van der Waals surface area contributed by atoms with E-state index in [1.54, 1.807) is 0 Å². The van der Waals surface area contributed by atoms with Gasteiger partial charge in [-0.2, -0.15) is 0 Å². The molecule has 4 fully saturated rings. The van der Waals surface area contributed by atoms with Crippen molar-refractivity contribution in [3.8, 4) is 0 Å². The highest BCUT2D eigenvalue weighted by Gasteiger charge is 2.72. The summed E-state index contributed by atoms with van der Waals surface area (Å²) < 4.78 is 24.0. The molecule has 5 rings (SSSR count). The van der Waals surface area contributed by atoms with Crippen molar-refractivity contribution >= 4 is 29.8 Å². The van der Waals surface area contributed by atoms with Crippen LogP contribution in [-0.4, -0.2) is 78.5 Å². The van der Waals surface area contributed by atoms with E-state index in [0.717, 1.165) is 25.7 Å². The van der Waals surface area contributed by atoms with Crippen LogP contribution in [-0.2, 0) is 42.9 Å². The number of esters is 3. The largest absolute Gasteiger partial charge is 0.481 e. The number of hydrogen-bond donors (Lipinski definition) is 3. The summed E-state index contributed by atoms with van der Waals surface area (Å²) in [4.78, 5) is 63.6. The molecule has 12 heteroatoms. The molecular weight excluding hydrogens is 716 g/mol. The Kier molecular flexibility index (Phi) is 12.3. The first-order valence-electron chi connectivity index (χ1n) is 21.0. The van der Waals surface area contributed by atoms with Crippen molar-refractivity contribution < 1.29 is 48.0 Å². The number of hydrogen-bond acceptors (Lipinski definition) is 10. The van der Waals surface area contributed by atoms with Crippen molar-refractivity contribution in [1.82, 2.24) is 5.32 Å². The topological polar surface area (TPSA) is 181 Å². The van der Waals surface area contributed by atoms with E-state index in [-0.39, 0.29) is 28.6 Å². The molecule has 56 heavy (non-hydrogen) atoms. The molecule has 0 aromatic heterocycles. The van der Waals surface area contributed by atoms with Gasteiger partial charge < -0.3 is 35.1 Å². The summed E-state index contributed by atoms with van der Waals surface area (Å²) in [7, 11) is 0. The Balaban J connectivity index is 1.36. The lowest BCUT2D eigenvalue weighted by Gasteiger charge is -2.71. The van der Waals surface area contributed by atoms with Crippen molar-refractivity contribution in [1.29, 1.82) is 0 Å². The highest BCUT2D eigenvalue weighted by Crippen LogP contribution is 2.75. The minimum absolute atomic E-state index is 0.0879. The maximum absolute atomic E-state index is 13.7. The van der Waals surface area contributed by atoms with Gasteiger partial charge in [-0.05, 0) is 112 Å². The van der Waals surface area contributed by atoms with Gasteiger partial charge in [0.2, 0.25) is 0 Å². The summed E-state index contributed by atoms with van der Waals surface area (Å²) in [5, 5.41) is 13.8. The Labute approximate surface area is 334 Å². The number of carboxylic acid groups (broad SMARTS) is 1. The van der Waals surface area contributed by atoms with Crippen LogP contribution in [0.3, 0.4) is 0 Å². The minimum Gasteiger partial charge on any atom is -0.481 e. The molecule has 0 radical (unpaired) electrons.